The van der Waals surface area contributed by atoms with Crippen LogP contribution in [0.5, 0.6) is 5.75 Å². The second-order valence-corrected chi connectivity index (χ2v) is 11.2. The smallest absolute Gasteiger partial charge is 0.270 e. The third-order valence-corrected chi connectivity index (χ3v) is 8.31. The number of anilines is 1. The lowest BCUT2D eigenvalue weighted by Gasteiger charge is -2.34. The van der Waals surface area contributed by atoms with Gasteiger partial charge in [-0.05, 0) is 66.5 Å². The lowest BCUT2D eigenvalue weighted by Crippen LogP contribution is -2.42. The van der Waals surface area contributed by atoms with Crippen LogP contribution in [-0.2, 0) is 17.9 Å². The lowest BCUT2D eigenvalue weighted by molar-refractivity contribution is -0.121. The molecule has 0 unspecified atom stereocenters. The fraction of sp³-hybridized carbons (Fsp3) is 0.552. The van der Waals surface area contributed by atoms with Crippen LogP contribution in [0.2, 0.25) is 0 Å². The van der Waals surface area contributed by atoms with Gasteiger partial charge < -0.3 is 15.0 Å². The minimum atomic E-state index is -0.331. The highest BCUT2D eigenvalue weighted by atomic mass is 16.5. The van der Waals surface area contributed by atoms with Crippen LogP contribution in [0.1, 0.15) is 80.3 Å². The molecule has 2 aromatic heterocycles. The first-order valence-corrected chi connectivity index (χ1v) is 14.6. The Kier molecular flexibility index (Phi) is 7.97. The summed E-state index contributed by atoms with van der Waals surface area (Å²) in [6, 6.07) is 7.31. The van der Waals surface area contributed by atoms with Crippen molar-refractivity contribution in [2.75, 3.05) is 18.1 Å². The number of tetrazole rings is 1. The molecular formula is C29H36N8O3. The first kappa shape index (κ1) is 26.3. The summed E-state index contributed by atoms with van der Waals surface area (Å²) < 4.78 is 5.69. The highest BCUT2D eigenvalue weighted by Gasteiger charge is 2.29. The Morgan fingerprint density at radius 1 is 0.950 bits per heavy atom. The number of amides is 2. The molecule has 3 heterocycles. The van der Waals surface area contributed by atoms with E-state index in [2.05, 4.69) is 30.7 Å². The second-order valence-electron chi connectivity index (χ2n) is 11.2. The topological polar surface area (TPSA) is 128 Å². The van der Waals surface area contributed by atoms with Gasteiger partial charge in [-0.15, -0.1) is 10.2 Å². The summed E-state index contributed by atoms with van der Waals surface area (Å²) in [5.74, 6) is 1.83. The summed E-state index contributed by atoms with van der Waals surface area (Å²) in [7, 11) is 0. The fourth-order valence-electron chi connectivity index (χ4n) is 6.09. The van der Waals surface area contributed by atoms with Crippen LogP contribution in [0, 0.1) is 11.8 Å². The Balaban J connectivity index is 1.10. The zero-order valence-electron chi connectivity index (χ0n) is 22.8. The maximum absolute atomic E-state index is 13.0. The predicted molar refractivity (Wildman–Crippen MR) is 147 cm³/mol. The average molecular weight is 545 g/mol. The summed E-state index contributed by atoms with van der Waals surface area (Å²) >= 11 is 0. The summed E-state index contributed by atoms with van der Waals surface area (Å²) in [5, 5.41) is 15.8. The molecule has 1 aliphatic heterocycles. The fourth-order valence-corrected chi connectivity index (χ4v) is 6.09. The van der Waals surface area contributed by atoms with E-state index in [1.807, 2.05) is 23.1 Å². The van der Waals surface area contributed by atoms with E-state index >= 15 is 0 Å². The first-order chi connectivity index (χ1) is 19.6. The lowest BCUT2D eigenvalue weighted by atomic mass is 9.88. The zero-order valence-corrected chi connectivity index (χ0v) is 22.8. The molecule has 1 aromatic carbocycles. The van der Waals surface area contributed by atoms with Crippen molar-refractivity contribution in [2.45, 2.75) is 77.3 Å². The summed E-state index contributed by atoms with van der Waals surface area (Å²) in [6.45, 7) is 1.82. The number of aromatic nitrogens is 6. The van der Waals surface area contributed by atoms with Gasteiger partial charge in [0, 0.05) is 13.1 Å². The van der Waals surface area contributed by atoms with Gasteiger partial charge in [-0.1, -0.05) is 44.6 Å². The monoisotopic (exact) mass is 544 g/mol. The van der Waals surface area contributed by atoms with Gasteiger partial charge >= 0.3 is 0 Å². The van der Waals surface area contributed by atoms with Crippen LogP contribution < -0.4 is 15.0 Å². The van der Waals surface area contributed by atoms with Crippen molar-refractivity contribution in [2.24, 2.45) is 11.8 Å². The van der Waals surface area contributed by atoms with Gasteiger partial charge in [-0.3, -0.25) is 9.59 Å². The number of rotatable bonds is 8. The molecule has 3 aromatic rings. The molecule has 3 aliphatic rings. The van der Waals surface area contributed by atoms with E-state index in [1.54, 1.807) is 10.9 Å². The van der Waals surface area contributed by atoms with Crippen LogP contribution in [0.25, 0.3) is 11.5 Å². The molecular weight excluding hydrogens is 508 g/mol. The minimum Gasteiger partial charge on any atom is -0.482 e. The van der Waals surface area contributed by atoms with Gasteiger partial charge in [0.2, 0.25) is 5.82 Å². The molecule has 6 rings (SSSR count). The van der Waals surface area contributed by atoms with Crippen LogP contribution in [-0.4, -0.2) is 55.1 Å². The van der Waals surface area contributed by atoms with Crippen LogP contribution in [0.15, 0.2) is 30.6 Å². The molecule has 0 bridgehead atoms. The third-order valence-electron chi connectivity index (χ3n) is 8.31. The zero-order chi connectivity index (χ0) is 27.3. The molecule has 40 heavy (non-hydrogen) atoms. The maximum atomic E-state index is 13.0. The molecule has 210 valence electrons. The van der Waals surface area contributed by atoms with Crippen LogP contribution >= 0.6 is 0 Å². The van der Waals surface area contributed by atoms with Crippen molar-refractivity contribution in [3.63, 3.8) is 0 Å². The van der Waals surface area contributed by atoms with E-state index in [-0.39, 0.29) is 30.7 Å². The number of carbonyl (C=O) groups excluding carboxylic acids is 2. The SMILES string of the molecule is O=C(NCc1ccc2c(c1)N(CC1CCCCC1)C(=O)CO2)c1cc(-c2nnn(CC3CCCCC3)n2)ncn1. The van der Waals surface area contributed by atoms with Gasteiger partial charge in [-0.2, -0.15) is 4.80 Å². The highest BCUT2D eigenvalue weighted by molar-refractivity contribution is 5.98. The van der Waals surface area contributed by atoms with Crippen molar-refractivity contribution >= 4 is 17.5 Å². The molecule has 0 atom stereocenters. The van der Waals surface area contributed by atoms with Crippen molar-refractivity contribution < 1.29 is 14.3 Å². The van der Waals surface area contributed by atoms with Gasteiger partial charge in [0.15, 0.2) is 6.61 Å². The maximum Gasteiger partial charge on any atom is 0.270 e. The molecule has 0 saturated heterocycles. The van der Waals surface area contributed by atoms with Gasteiger partial charge in [-0.25, -0.2) is 9.97 Å². The highest BCUT2D eigenvalue weighted by Crippen LogP contribution is 2.35. The van der Waals surface area contributed by atoms with E-state index < -0.39 is 0 Å². The van der Waals surface area contributed by atoms with Gasteiger partial charge in [0.1, 0.15) is 23.5 Å². The standard InChI is InChI=1S/C29H36N8O3/c38-27-18-40-26-12-11-22(13-25(26)36(27)16-20-7-3-1-4-8-20)15-30-29(39)24-14-23(31-19-32-24)28-33-35-37(34-28)17-21-9-5-2-6-10-21/h11-14,19-21H,1-10,15-18H2,(H,30,39). The summed E-state index contributed by atoms with van der Waals surface area (Å²) in [5.41, 5.74) is 2.34. The van der Waals surface area contributed by atoms with E-state index in [4.69, 9.17) is 4.74 Å². The molecule has 0 radical (unpaired) electrons. The molecule has 1 N–H and O–H groups in total. The van der Waals surface area contributed by atoms with E-state index in [0.717, 1.165) is 30.6 Å². The minimum absolute atomic E-state index is 0.0166. The number of benzene rings is 1. The Hall–Kier alpha value is -3.89. The van der Waals surface area contributed by atoms with E-state index in [1.165, 1.54) is 57.7 Å². The number of hydrogen-bond acceptors (Lipinski definition) is 8. The Labute approximate surface area is 233 Å². The first-order valence-electron chi connectivity index (χ1n) is 14.6. The van der Waals surface area contributed by atoms with Crippen molar-refractivity contribution in [1.82, 2.24) is 35.5 Å². The van der Waals surface area contributed by atoms with Crippen molar-refractivity contribution in [3.8, 4) is 17.3 Å². The van der Waals surface area contributed by atoms with Crippen LogP contribution in [0.4, 0.5) is 5.69 Å². The molecule has 2 aliphatic carbocycles. The van der Waals surface area contributed by atoms with Gasteiger partial charge in [0.25, 0.3) is 11.8 Å². The van der Waals surface area contributed by atoms with Gasteiger partial charge in [0.05, 0.1) is 12.2 Å². The normalized spacial score (nSPS) is 18.3. The second kappa shape index (κ2) is 12.1. The average Bonchev–Trinajstić information content (AvgIpc) is 3.47. The number of carbonyl (C=O) groups is 2. The number of ether oxygens (including phenoxy) is 1. The quantitative estimate of drug-likeness (QED) is 0.452. The Morgan fingerprint density at radius 2 is 1.70 bits per heavy atom. The number of fused-ring (bicyclic) bond motifs is 1. The van der Waals surface area contributed by atoms with E-state index in [9.17, 15) is 9.59 Å². The molecule has 2 amide bonds. The third kappa shape index (κ3) is 6.13. The number of hydrogen-bond donors (Lipinski definition) is 1. The molecule has 11 nitrogen and oxygen atoms in total. The summed E-state index contributed by atoms with van der Waals surface area (Å²) in [4.78, 5) is 37.6. The van der Waals surface area contributed by atoms with Crippen LogP contribution in [0.3, 0.4) is 0 Å². The number of nitrogens with zero attached hydrogens (tertiary/aromatic N) is 7. The van der Waals surface area contributed by atoms with Crippen molar-refractivity contribution in [3.05, 3.63) is 41.9 Å². The number of nitrogens with one attached hydrogen (secondary N) is 1. The van der Waals surface area contributed by atoms with E-state index in [0.29, 0.717) is 35.6 Å². The molecule has 0 spiro atoms. The molecule has 2 saturated carbocycles. The molecule has 11 heteroatoms. The molecule has 2 fully saturated rings. The van der Waals surface area contributed by atoms with Crippen molar-refractivity contribution in [1.29, 1.82) is 0 Å². The summed E-state index contributed by atoms with van der Waals surface area (Å²) in [6.07, 6.45) is 13.6. The Bertz CT molecular complexity index is 1350. The largest absolute Gasteiger partial charge is 0.482 e. The Morgan fingerprint density at radius 3 is 2.48 bits per heavy atom. The predicted octanol–water partition coefficient (Wildman–Crippen LogP) is 3.95.